The van der Waals surface area contributed by atoms with Crippen LogP contribution in [0.2, 0.25) is 0 Å². The van der Waals surface area contributed by atoms with Gasteiger partial charge in [-0.05, 0) is 35.4 Å². The molecule has 0 saturated heterocycles. The molecule has 1 N–H and O–H groups in total. The van der Waals surface area contributed by atoms with Crippen LogP contribution in [0.25, 0.3) is 11.1 Å². The smallest absolute Gasteiger partial charge is 0.335 e. The number of halogens is 2. The minimum Gasteiger partial charge on any atom is -0.489 e. The van der Waals surface area contributed by atoms with E-state index in [1.54, 1.807) is 24.3 Å². The van der Waals surface area contributed by atoms with Crippen LogP contribution in [0.4, 0.5) is 8.78 Å². The predicted molar refractivity (Wildman–Crippen MR) is 89.5 cm³/mol. The maximum Gasteiger partial charge on any atom is 0.335 e. The Labute approximate surface area is 143 Å². The number of carbonyl (C=O) groups is 1. The van der Waals surface area contributed by atoms with E-state index in [4.69, 9.17) is 9.84 Å². The van der Waals surface area contributed by atoms with Crippen LogP contribution in [0.3, 0.4) is 0 Å². The number of ether oxygens (including phenoxy) is 1. The van der Waals surface area contributed by atoms with E-state index < -0.39 is 17.6 Å². The first-order chi connectivity index (χ1) is 12.0. The van der Waals surface area contributed by atoms with E-state index in [1.807, 2.05) is 30.3 Å². The van der Waals surface area contributed by atoms with Crippen molar-refractivity contribution in [2.24, 2.45) is 0 Å². The van der Waals surface area contributed by atoms with Crippen molar-refractivity contribution in [1.82, 2.24) is 0 Å². The quantitative estimate of drug-likeness (QED) is 0.718. The second-order valence-electron chi connectivity index (χ2n) is 5.42. The monoisotopic (exact) mass is 340 g/mol. The average molecular weight is 340 g/mol. The lowest BCUT2D eigenvalue weighted by atomic mass is 10.0. The lowest BCUT2D eigenvalue weighted by molar-refractivity contribution is 0.0696. The number of carboxylic acids is 1. The van der Waals surface area contributed by atoms with Gasteiger partial charge in [-0.1, -0.05) is 42.5 Å². The van der Waals surface area contributed by atoms with Gasteiger partial charge in [0, 0.05) is 5.56 Å². The summed E-state index contributed by atoms with van der Waals surface area (Å²) >= 11 is 0. The summed E-state index contributed by atoms with van der Waals surface area (Å²) in [7, 11) is 0. The summed E-state index contributed by atoms with van der Waals surface area (Å²) in [5.74, 6) is -3.02. The molecule has 0 atom stereocenters. The lowest BCUT2D eigenvalue weighted by Gasteiger charge is -2.09. The highest BCUT2D eigenvalue weighted by atomic mass is 19.2. The number of carboxylic acid groups (broad SMARTS) is 1. The molecule has 5 heteroatoms. The highest BCUT2D eigenvalue weighted by Crippen LogP contribution is 2.28. The van der Waals surface area contributed by atoms with Crippen molar-refractivity contribution in [3.63, 3.8) is 0 Å². The number of hydrogen-bond acceptors (Lipinski definition) is 2. The molecule has 0 aliphatic rings. The molecular formula is C20H14F2O3. The Morgan fingerprint density at radius 2 is 1.64 bits per heavy atom. The van der Waals surface area contributed by atoms with Gasteiger partial charge in [0.2, 0.25) is 0 Å². The van der Waals surface area contributed by atoms with Gasteiger partial charge in [0.05, 0.1) is 5.56 Å². The van der Waals surface area contributed by atoms with Gasteiger partial charge < -0.3 is 9.84 Å². The molecule has 0 bridgehead atoms. The molecule has 0 fully saturated rings. The fraction of sp³-hybridized carbons (Fsp3) is 0.0500. The first-order valence-corrected chi connectivity index (χ1v) is 7.54. The second-order valence-corrected chi connectivity index (χ2v) is 5.42. The highest BCUT2D eigenvalue weighted by Gasteiger charge is 2.15. The maximum absolute atomic E-state index is 14.0. The zero-order chi connectivity index (χ0) is 17.8. The second kappa shape index (κ2) is 7.13. The zero-order valence-electron chi connectivity index (χ0n) is 13.1. The minimum atomic E-state index is -1.32. The van der Waals surface area contributed by atoms with E-state index >= 15 is 0 Å². The summed E-state index contributed by atoms with van der Waals surface area (Å²) < 4.78 is 33.2. The first-order valence-electron chi connectivity index (χ1n) is 7.54. The summed E-state index contributed by atoms with van der Waals surface area (Å²) in [6.07, 6.45) is 0. The van der Waals surface area contributed by atoms with Gasteiger partial charge in [-0.15, -0.1) is 0 Å². The minimum absolute atomic E-state index is 0.105. The molecule has 0 saturated carbocycles. The molecule has 3 aromatic carbocycles. The third-order valence-corrected chi connectivity index (χ3v) is 3.69. The molecule has 0 aromatic heterocycles. The summed E-state index contributed by atoms with van der Waals surface area (Å²) in [6, 6.07) is 17.8. The third kappa shape index (κ3) is 3.83. The van der Waals surface area contributed by atoms with Crippen molar-refractivity contribution in [2.75, 3.05) is 0 Å². The van der Waals surface area contributed by atoms with E-state index in [2.05, 4.69) is 0 Å². The average Bonchev–Trinajstić information content (AvgIpc) is 2.63. The topological polar surface area (TPSA) is 46.5 Å². The molecule has 126 valence electrons. The zero-order valence-corrected chi connectivity index (χ0v) is 13.1. The Morgan fingerprint density at radius 1 is 0.960 bits per heavy atom. The standard InChI is InChI=1S/C20H14F2O3/c21-18-11-15(20(23)24)10-17(19(18)22)14-6-8-16(9-7-14)25-12-13-4-2-1-3-5-13/h1-11H,12H2,(H,23,24). The Morgan fingerprint density at radius 3 is 2.28 bits per heavy atom. The van der Waals surface area contributed by atoms with Gasteiger partial charge >= 0.3 is 5.97 Å². The third-order valence-electron chi connectivity index (χ3n) is 3.69. The Kier molecular flexibility index (Phi) is 4.75. The van der Waals surface area contributed by atoms with Crippen molar-refractivity contribution >= 4 is 5.97 Å². The first kappa shape index (κ1) is 16.6. The molecule has 25 heavy (non-hydrogen) atoms. The van der Waals surface area contributed by atoms with Crippen molar-refractivity contribution in [1.29, 1.82) is 0 Å². The van der Waals surface area contributed by atoms with Gasteiger partial charge in [0.1, 0.15) is 12.4 Å². The Hall–Kier alpha value is -3.21. The van der Waals surface area contributed by atoms with Gasteiger partial charge in [0.15, 0.2) is 11.6 Å². The van der Waals surface area contributed by atoms with Crippen LogP contribution in [0.5, 0.6) is 5.75 Å². The summed E-state index contributed by atoms with van der Waals surface area (Å²) in [4.78, 5) is 11.0. The van der Waals surface area contributed by atoms with Crippen LogP contribution in [0, 0.1) is 11.6 Å². The SMILES string of the molecule is O=C(O)c1cc(F)c(F)c(-c2ccc(OCc3ccccc3)cc2)c1. The van der Waals surface area contributed by atoms with Crippen LogP contribution in [0.15, 0.2) is 66.7 Å². The number of aromatic carboxylic acids is 1. The Balaban J connectivity index is 1.82. The molecule has 0 aliphatic heterocycles. The van der Waals surface area contributed by atoms with Crippen molar-refractivity contribution < 1.29 is 23.4 Å². The summed E-state index contributed by atoms with van der Waals surface area (Å²) in [5, 5.41) is 8.98. The molecule has 0 amide bonds. The van der Waals surface area contributed by atoms with Gasteiger partial charge in [0.25, 0.3) is 0 Å². The van der Waals surface area contributed by atoms with Gasteiger partial charge in [-0.2, -0.15) is 0 Å². The van der Waals surface area contributed by atoms with Crippen molar-refractivity contribution in [3.8, 4) is 16.9 Å². The molecular weight excluding hydrogens is 326 g/mol. The van der Waals surface area contributed by atoms with Gasteiger partial charge in [-0.25, -0.2) is 13.6 Å². The maximum atomic E-state index is 14.0. The molecule has 3 rings (SSSR count). The molecule has 3 nitrogen and oxygen atoms in total. The molecule has 0 aliphatic carbocycles. The van der Waals surface area contributed by atoms with Crippen LogP contribution in [-0.4, -0.2) is 11.1 Å². The molecule has 3 aromatic rings. The van der Waals surface area contributed by atoms with E-state index in [1.165, 1.54) is 0 Å². The molecule has 0 spiro atoms. The van der Waals surface area contributed by atoms with Crippen molar-refractivity contribution in [3.05, 3.63) is 89.5 Å². The van der Waals surface area contributed by atoms with Crippen LogP contribution >= 0.6 is 0 Å². The number of hydrogen-bond donors (Lipinski definition) is 1. The fourth-order valence-electron chi connectivity index (χ4n) is 2.39. The Bertz CT molecular complexity index is 891. The van der Waals surface area contributed by atoms with E-state index in [0.29, 0.717) is 24.0 Å². The van der Waals surface area contributed by atoms with E-state index in [0.717, 1.165) is 11.6 Å². The van der Waals surface area contributed by atoms with E-state index in [-0.39, 0.29) is 11.1 Å². The summed E-state index contributed by atoms with van der Waals surface area (Å²) in [5.41, 5.74) is 0.964. The molecule has 0 heterocycles. The van der Waals surface area contributed by atoms with Crippen LogP contribution < -0.4 is 4.74 Å². The fourth-order valence-corrected chi connectivity index (χ4v) is 2.39. The lowest BCUT2D eigenvalue weighted by Crippen LogP contribution is -2.01. The van der Waals surface area contributed by atoms with Gasteiger partial charge in [-0.3, -0.25) is 0 Å². The van der Waals surface area contributed by atoms with Crippen LogP contribution in [-0.2, 0) is 6.61 Å². The normalized spacial score (nSPS) is 10.5. The number of rotatable bonds is 5. The van der Waals surface area contributed by atoms with E-state index in [9.17, 15) is 13.6 Å². The molecule has 0 radical (unpaired) electrons. The highest BCUT2D eigenvalue weighted by molar-refractivity contribution is 5.89. The predicted octanol–water partition coefficient (Wildman–Crippen LogP) is 4.91. The largest absolute Gasteiger partial charge is 0.489 e. The summed E-state index contributed by atoms with van der Waals surface area (Å²) in [6.45, 7) is 0.387. The molecule has 0 unspecified atom stereocenters. The van der Waals surface area contributed by atoms with Crippen LogP contribution in [0.1, 0.15) is 15.9 Å². The van der Waals surface area contributed by atoms with Crippen molar-refractivity contribution in [2.45, 2.75) is 6.61 Å². The number of benzene rings is 3.